The predicted molar refractivity (Wildman–Crippen MR) is 91.5 cm³/mol. The third-order valence-corrected chi connectivity index (χ3v) is 4.27. The fraction of sp³-hybridized carbons (Fsp3) is 0.294. The van der Waals surface area contributed by atoms with Gasteiger partial charge in [0.25, 0.3) is 0 Å². The molecule has 0 fully saturated rings. The molecule has 0 aliphatic carbocycles. The number of H-pyrrole nitrogens is 1. The van der Waals surface area contributed by atoms with Gasteiger partial charge in [-0.1, -0.05) is 30.0 Å². The minimum absolute atomic E-state index is 0.352. The number of hydrogen-bond acceptors (Lipinski definition) is 4. The predicted octanol–water partition coefficient (Wildman–Crippen LogP) is 4.00. The number of carbonyl (C=O) groups excluding carboxylic acids is 1. The highest BCUT2D eigenvalue weighted by molar-refractivity contribution is 7.99. The van der Waals surface area contributed by atoms with Crippen LogP contribution < -0.4 is 4.74 Å². The van der Waals surface area contributed by atoms with Crippen LogP contribution in [0.2, 0.25) is 0 Å². The minimum atomic E-state index is 0.352. The van der Waals surface area contributed by atoms with E-state index in [1.807, 2.05) is 30.4 Å². The Bertz CT molecular complexity index is 664. The second-order valence-electron chi connectivity index (χ2n) is 4.85. The van der Waals surface area contributed by atoms with Crippen LogP contribution in [0.15, 0.2) is 48.2 Å². The third kappa shape index (κ3) is 4.49. The van der Waals surface area contributed by atoms with Crippen molar-refractivity contribution in [1.82, 2.24) is 9.97 Å². The largest absolute Gasteiger partial charge is 0.497 e. The Morgan fingerprint density at radius 3 is 3.09 bits per heavy atom. The van der Waals surface area contributed by atoms with Gasteiger partial charge >= 0.3 is 0 Å². The lowest BCUT2D eigenvalue weighted by atomic mass is 10.1. The molecule has 0 saturated heterocycles. The second kappa shape index (κ2) is 8.44. The van der Waals surface area contributed by atoms with Crippen LogP contribution in [0.1, 0.15) is 12.8 Å². The summed E-state index contributed by atoms with van der Waals surface area (Å²) in [6.45, 7) is 3.79. The first kappa shape index (κ1) is 16.4. The third-order valence-electron chi connectivity index (χ3n) is 3.21. The van der Waals surface area contributed by atoms with Gasteiger partial charge in [-0.05, 0) is 24.5 Å². The lowest BCUT2D eigenvalue weighted by Crippen LogP contribution is -1.99. The highest BCUT2D eigenvalue weighted by Gasteiger charge is 2.08. The average molecular weight is 316 g/mol. The van der Waals surface area contributed by atoms with Crippen molar-refractivity contribution < 1.29 is 9.53 Å². The van der Waals surface area contributed by atoms with Gasteiger partial charge in [0.1, 0.15) is 12.0 Å². The van der Waals surface area contributed by atoms with Gasteiger partial charge in [-0.15, -0.1) is 6.58 Å². The molecule has 116 valence electrons. The van der Waals surface area contributed by atoms with E-state index in [4.69, 9.17) is 4.74 Å². The summed E-state index contributed by atoms with van der Waals surface area (Å²) in [5.41, 5.74) is 1.90. The summed E-state index contributed by atoms with van der Waals surface area (Å²) >= 11 is 1.67. The summed E-state index contributed by atoms with van der Waals surface area (Å²) in [7, 11) is 1.65. The van der Waals surface area contributed by atoms with Crippen molar-refractivity contribution in [3.05, 3.63) is 43.0 Å². The number of nitrogens with zero attached hydrogens (tertiary/aromatic N) is 1. The van der Waals surface area contributed by atoms with E-state index >= 15 is 0 Å². The summed E-state index contributed by atoms with van der Waals surface area (Å²) < 4.78 is 5.21. The first-order chi connectivity index (χ1) is 10.8. The molecule has 0 aliphatic rings. The van der Waals surface area contributed by atoms with E-state index < -0.39 is 0 Å². The number of aromatic amines is 1. The Morgan fingerprint density at radius 2 is 2.36 bits per heavy atom. The first-order valence-corrected chi connectivity index (χ1v) is 8.13. The molecule has 0 spiro atoms. The van der Waals surface area contributed by atoms with Crippen molar-refractivity contribution in [2.45, 2.75) is 18.0 Å². The zero-order valence-corrected chi connectivity index (χ0v) is 13.4. The number of allylic oxidation sites excluding steroid dienone is 3. The summed E-state index contributed by atoms with van der Waals surface area (Å²) in [6, 6.07) is 5.79. The van der Waals surface area contributed by atoms with E-state index in [0.29, 0.717) is 12.3 Å². The maximum Gasteiger partial charge on any atom is 0.166 e. The van der Waals surface area contributed by atoms with Crippen LogP contribution in [0.25, 0.3) is 11.0 Å². The fourth-order valence-corrected chi connectivity index (χ4v) is 3.05. The van der Waals surface area contributed by atoms with Crippen LogP contribution in [0.3, 0.4) is 0 Å². The molecule has 1 aromatic carbocycles. The topological polar surface area (TPSA) is 55.0 Å². The van der Waals surface area contributed by atoms with Crippen molar-refractivity contribution in [2.24, 2.45) is 5.92 Å². The van der Waals surface area contributed by atoms with E-state index in [0.717, 1.165) is 40.4 Å². The zero-order valence-electron chi connectivity index (χ0n) is 12.6. The van der Waals surface area contributed by atoms with Crippen molar-refractivity contribution >= 4 is 29.1 Å². The number of fused-ring (bicyclic) bond motifs is 1. The molecule has 0 amide bonds. The highest BCUT2D eigenvalue weighted by atomic mass is 32.2. The maximum absolute atomic E-state index is 10.4. The van der Waals surface area contributed by atoms with Gasteiger partial charge < -0.3 is 14.5 Å². The number of ether oxygens (including phenoxy) is 1. The average Bonchev–Trinajstić information content (AvgIpc) is 2.94. The molecule has 22 heavy (non-hydrogen) atoms. The van der Waals surface area contributed by atoms with Gasteiger partial charge in [0.2, 0.25) is 0 Å². The molecule has 0 bridgehead atoms. The number of methoxy groups -OCH3 is 1. The fourth-order valence-electron chi connectivity index (χ4n) is 2.09. The number of imidazole rings is 1. The van der Waals surface area contributed by atoms with Crippen LogP contribution in [0.5, 0.6) is 5.75 Å². The quantitative estimate of drug-likeness (QED) is 0.431. The summed E-state index contributed by atoms with van der Waals surface area (Å²) in [5, 5.41) is 0.890. The van der Waals surface area contributed by atoms with Crippen molar-refractivity contribution in [3.8, 4) is 5.75 Å². The molecule has 0 radical (unpaired) electrons. The SMILES string of the molecule is C=CCC(/C=C\CC=O)CSc1nc2ccc(OC)cc2[nH]1. The van der Waals surface area contributed by atoms with Gasteiger partial charge in [-0.2, -0.15) is 0 Å². The Balaban J connectivity index is 2.02. The van der Waals surface area contributed by atoms with Crippen molar-refractivity contribution in [1.29, 1.82) is 0 Å². The van der Waals surface area contributed by atoms with E-state index in [-0.39, 0.29) is 0 Å². The van der Waals surface area contributed by atoms with E-state index in [9.17, 15) is 4.79 Å². The Labute approximate surface area is 134 Å². The molecule has 1 aromatic heterocycles. The smallest absolute Gasteiger partial charge is 0.166 e. The molecule has 0 aliphatic heterocycles. The molecule has 1 heterocycles. The van der Waals surface area contributed by atoms with Crippen LogP contribution in [0, 0.1) is 5.92 Å². The number of thioether (sulfide) groups is 1. The summed E-state index contributed by atoms with van der Waals surface area (Å²) in [4.78, 5) is 18.2. The molecule has 1 N–H and O–H groups in total. The molecule has 1 unspecified atom stereocenters. The van der Waals surface area contributed by atoms with Crippen molar-refractivity contribution in [2.75, 3.05) is 12.9 Å². The minimum Gasteiger partial charge on any atom is -0.497 e. The number of hydrogen-bond donors (Lipinski definition) is 1. The van der Waals surface area contributed by atoms with Gasteiger partial charge in [-0.3, -0.25) is 0 Å². The number of aromatic nitrogens is 2. The maximum atomic E-state index is 10.4. The number of carbonyl (C=O) groups is 1. The molecule has 2 aromatic rings. The van der Waals surface area contributed by atoms with Crippen LogP contribution in [-0.4, -0.2) is 29.1 Å². The van der Waals surface area contributed by atoms with Gasteiger partial charge in [0, 0.05) is 18.2 Å². The standard InChI is InChI=1S/C17H20N2O2S/c1-3-6-13(7-4-5-10-20)12-22-17-18-15-9-8-14(21-2)11-16(15)19-17/h3-4,7-11,13H,1,5-6,12H2,2H3,(H,18,19)/b7-4-. The van der Waals surface area contributed by atoms with Gasteiger partial charge in [0.05, 0.1) is 18.1 Å². The molecular weight excluding hydrogens is 296 g/mol. The number of aldehydes is 1. The molecule has 0 saturated carbocycles. The molecule has 2 rings (SSSR count). The Morgan fingerprint density at radius 1 is 1.50 bits per heavy atom. The second-order valence-corrected chi connectivity index (χ2v) is 5.86. The number of nitrogens with one attached hydrogen (secondary N) is 1. The highest BCUT2D eigenvalue weighted by Crippen LogP contribution is 2.25. The number of rotatable bonds is 9. The zero-order chi connectivity index (χ0) is 15.8. The van der Waals surface area contributed by atoms with Gasteiger partial charge in [0.15, 0.2) is 5.16 Å². The van der Waals surface area contributed by atoms with Crippen molar-refractivity contribution in [3.63, 3.8) is 0 Å². The lowest BCUT2D eigenvalue weighted by Gasteiger charge is -2.08. The molecule has 5 heteroatoms. The molecule has 1 atom stereocenters. The number of benzene rings is 1. The molecule has 4 nitrogen and oxygen atoms in total. The Hall–Kier alpha value is -2.01. The summed E-state index contributed by atoms with van der Waals surface area (Å²) in [5.74, 6) is 2.05. The van der Waals surface area contributed by atoms with Crippen LogP contribution in [0.4, 0.5) is 0 Å². The first-order valence-electron chi connectivity index (χ1n) is 7.14. The van der Waals surface area contributed by atoms with Gasteiger partial charge in [-0.25, -0.2) is 4.98 Å². The van der Waals surface area contributed by atoms with E-state index in [2.05, 4.69) is 22.6 Å². The van der Waals surface area contributed by atoms with E-state index in [1.165, 1.54) is 0 Å². The van der Waals surface area contributed by atoms with Crippen LogP contribution in [-0.2, 0) is 4.79 Å². The molecular formula is C17H20N2O2S. The summed E-state index contributed by atoms with van der Waals surface area (Å²) in [6.07, 6.45) is 8.14. The normalized spacial score (nSPS) is 12.6. The van der Waals surface area contributed by atoms with E-state index in [1.54, 1.807) is 18.9 Å². The van der Waals surface area contributed by atoms with Crippen LogP contribution >= 0.6 is 11.8 Å². The lowest BCUT2D eigenvalue weighted by molar-refractivity contribution is -0.107. The Kier molecular flexibility index (Phi) is 6.27. The monoisotopic (exact) mass is 316 g/mol.